The van der Waals surface area contributed by atoms with Gasteiger partial charge in [-0.05, 0) is 56.5 Å². The van der Waals surface area contributed by atoms with E-state index in [4.69, 9.17) is 16.0 Å². The summed E-state index contributed by atoms with van der Waals surface area (Å²) in [6.07, 6.45) is 5.96. The summed E-state index contributed by atoms with van der Waals surface area (Å²) in [4.78, 5) is 14.4. The highest BCUT2D eigenvalue weighted by Crippen LogP contribution is 2.30. The molecule has 0 aliphatic carbocycles. The molecule has 0 radical (unpaired) electrons. The molecule has 25 heavy (non-hydrogen) atoms. The van der Waals surface area contributed by atoms with Gasteiger partial charge in [-0.25, -0.2) is 4.79 Å². The Morgan fingerprint density at radius 3 is 2.76 bits per heavy atom. The molecule has 2 heterocycles. The minimum Gasteiger partial charge on any atom is -0.469 e. The molecule has 0 bridgehead atoms. The fourth-order valence-electron chi connectivity index (χ4n) is 3.15. The second-order valence-corrected chi connectivity index (χ2v) is 6.90. The maximum absolute atomic E-state index is 12.1. The lowest BCUT2D eigenvalue weighted by atomic mass is 10.1. The van der Waals surface area contributed by atoms with E-state index in [1.54, 1.807) is 6.26 Å². The van der Waals surface area contributed by atoms with Crippen molar-refractivity contribution >= 4 is 29.0 Å². The molecule has 1 aliphatic heterocycles. The first kappa shape index (κ1) is 17.7. The van der Waals surface area contributed by atoms with E-state index in [9.17, 15) is 4.79 Å². The number of benzene rings is 1. The average molecular weight is 362 g/mol. The third-order valence-electron chi connectivity index (χ3n) is 4.37. The van der Waals surface area contributed by atoms with Crippen molar-refractivity contribution in [1.82, 2.24) is 5.32 Å². The Kier molecular flexibility index (Phi) is 5.87. The number of carbonyl (C=O) groups excluding carboxylic acids is 1. The monoisotopic (exact) mass is 361 g/mol. The van der Waals surface area contributed by atoms with E-state index in [1.165, 1.54) is 19.3 Å². The summed E-state index contributed by atoms with van der Waals surface area (Å²) >= 11 is 6.42. The highest BCUT2D eigenvalue weighted by Gasteiger charge is 2.15. The van der Waals surface area contributed by atoms with Crippen LogP contribution in [0.2, 0.25) is 5.02 Å². The van der Waals surface area contributed by atoms with Crippen LogP contribution in [0, 0.1) is 0 Å². The molecule has 1 aliphatic rings. The van der Waals surface area contributed by atoms with Crippen LogP contribution in [0.25, 0.3) is 0 Å². The van der Waals surface area contributed by atoms with Gasteiger partial charge in [0.05, 0.1) is 17.0 Å². The predicted molar refractivity (Wildman–Crippen MR) is 102 cm³/mol. The van der Waals surface area contributed by atoms with Gasteiger partial charge in [-0.3, -0.25) is 0 Å². The second kappa shape index (κ2) is 8.30. The highest BCUT2D eigenvalue weighted by molar-refractivity contribution is 6.33. The van der Waals surface area contributed by atoms with Gasteiger partial charge in [0.15, 0.2) is 0 Å². The van der Waals surface area contributed by atoms with Crippen molar-refractivity contribution in [3.63, 3.8) is 0 Å². The van der Waals surface area contributed by atoms with E-state index in [1.807, 2.05) is 37.3 Å². The van der Waals surface area contributed by atoms with Crippen molar-refractivity contribution in [1.29, 1.82) is 0 Å². The number of rotatable bonds is 5. The minimum absolute atomic E-state index is 0.0331. The van der Waals surface area contributed by atoms with Gasteiger partial charge in [-0.1, -0.05) is 11.6 Å². The molecule has 2 aromatic rings. The number of nitrogens with zero attached hydrogens (tertiary/aromatic N) is 1. The molecule has 134 valence electrons. The summed E-state index contributed by atoms with van der Waals surface area (Å²) in [6, 6.07) is 9.14. The zero-order valence-electron chi connectivity index (χ0n) is 14.4. The summed E-state index contributed by atoms with van der Waals surface area (Å²) < 4.78 is 5.30. The summed E-state index contributed by atoms with van der Waals surface area (Å²) in [5.74, 6) is 0.849. The third kappa shape index (κ3) is 4.92. The van der Waals surface area contributed by atoms with Gasteiger partial charge in [-0.2, -0.15) is 0 Å². The van der Waals surface area contributed by atoms with Crippen LogP contribution in [0.15, 0.2) is 41.0 Å². The molecule has 1 unspecified atom stereocenters. The Hall–Kier alpha value is -2.14. The number of furan rings is 1. The molecule has 1 aromatic heterocycles. The lowest BCUT2D eigenvalue weighted by molar-refractivity contribution is 0.248. The molecule has 2 amide bonds. The molecular weight excluding hydrogens is 338 g/mol. The van der Waals surface area contributed by atoms with Crippen molar-refractivity contribution in [2.45, 2.75) is 38.6 Å². The van der Waals surface area contributed by atoms with E-state index in [2.05, 4.69) is 15.5 Å². The quantitative estimate of drug-likeness (QED) is 0.813. The Labute approximate surface area is 153 Å². The first-order valence-corrected chi connectivity index (χ1v) is 9.14. The van der Waals surface area contributed by atoms with E-state index in [0.717, 1.165) is 24.5 Å². The zero-order chi connectivity index (χ0) is 17.6. The van der Waals surface area contributed by atoms with Gasteiger partial charge in [0.2, 0.25) is 0 Å². The lowest BCUT2D eigenvalue weighted by Gasteiger charge is -2.29. The van der Waals surface area contributed by atoms with E-state index >= 15 is 0 Å². The molecule has 1 fully saturated rings. The zero-order valence-corrected chi connectivity index (χ0v) is 15.2. The van der Waals surface area contributed by atoms with Gasteiger partial charge in [-0.15, -0.1) is 0 Å². The normalized spacial score (nSPS) is 15.7. The Morgan fingerprint density at radius 2 is 2.08 bits per heavy atom. The Balaban J connectivity index is 1.55. The van der Waals surface area contributed by atoms with Crippen molar-refractivity contribution in [2.24, 2.45) is 0 Å². The van der Waals surface area contributed by atoms with Crippen LogP contribution < -0.4 is 15.5 Å². The molecule has 1 aromatic carbocycles. The highest BCUT2D eigenvalue weighted by atomic mass is 35.5. The summed E-state index contributed by atoms with van der Waals surface area (Å²) in [6.45, 7) is 4.02. The van der Waals surface area contributed by atoms with Crippen LogP contribution in [0.3, 0.4) is 0 Å². The molecule has 1 atom stereocenters. The summed E-state index contributed by atoms with van der Waals surface area (Å²) in [7, 11) is 0. The summed E-state index contributed by atoms with van der Waals surface area (Å²) in [5, 5.41) is 6.41. The average Bonchev–Trinajstić information content (AvgIpc) is 3.08. The number of halogens is 1. The summed E-state index contributed by atoms with van der Waals surface area (Å²) in [5.41, 5.74) is 1.73. The van der Waals surface area contributed by atoms with Crippen LogP contribution in [-0.2, 0) is 6.42 Å². The number of urea groups is 1. The van der Waals surface area contributed by atoms with Crippen LogP contribution in [0.4, 0.5) is 16.2 Å². The van der Waals surface area contributed by atoms with E-state index in [0.29, 0.717) is 17.1 Å². The molecule has 6 heteroatoms. The van der Waals surface area contributed by atoms with E-state index in [-0.39, 0.29) is 12.1 Å². The van der Waals surface area contributed by atoms with Crippen LogP contribution in [0.1, 0.15) is 31.9 Å². The number of amides is 2. The fraction of sp³-hybridized carbons (Fsp3) is 0.421. The van der Waals surface area contributed by atoms with Crippen molar-refractivity contribution in [3.05, 3.63) is 47.4 Å². The number of hydrogen-bond acceptors (Lipinski definition) is 3. The van der Waals surface area contributed by atoms with Gasteiger partial charge < -0.3 is 20.0 Å². The van der Waals surface area contributed by atoms with Gasteiger partial charge in [0, 0.05) is 31.2 Å². The van der Waals surface area contributed by atoms with Crippen molar-refractivity contribution in [2.75, 3.05) is 23.3 Å². The predicted octanol–water partition coefficient (Wildman–Crippen LogP) is 4.68. The van der Waals surface area contributed by atoms with Crippen molar-refractivity contribution in [3.8, 4) is 0 Å². The standard InChI is InChI=1S/C19H24ClN3O2/c1-14(12-16-6-5-11-25-16)21-19(24)22-15-7-8-18(17(20)13-15)23-9-3-2-4-10-23/h5-8,11,13-14H,2-4,9-10,12H2,1H3,(H2,21,22,24). The number of carbonyl (C=O) groups is 1. The molecule has 5 nitrogen and oxygen atoms in total. The molecule has 1 saturated heterocycles. The second-order valence-electron chi connectivity index (χ2n) is 6.50. The smallest absolute Gasteiger partial charge is 0.319 e. The molecule has 0 spiro atoms. The number of anilines is 2. The number of nitrogens with one attached hydrogen (secondary N) is 2. The fourth-order valence-corrected chi connectivity index (χ4v) is 3.45. The third-order valence-corrected chi connectivity index (χ3v) is 4.67. The molecule has 2 N–H and O–H groups in total. The van der Waals surface area contributed by atoms with Gasteiger partial charge >= 0.3 is 6.03 Å². The lowest BCUT2D eigenvalue weighted by Crippen LogP contribution is -2.37. The van der Waals surface area contributed by atoms with Crippen LogP contribution in [-0.4, -0.2) is 25.2 Å². The van der Waals surface area contributed by atoms with Crippen LogP contribution in [0.5, 0.6) is 0 Å². The molecule has 0 saturated carbocycles. The maximum atomic E-state index is 12.1. The first-order valence-electron chi connectivity index (χ1n) is 8.76. The van der Waals surface area contributed by atoms with Crippen molar-refractivity contribution < 1.29 is 9.21 Å². The van der Waals surface area contributed by atoms with Crippen LogP contribution >= 0.6 is 11.6 Å². The van der Waals surface area contributed by atoms with E-state index < -0.39 is 0 Å². The molecule has 3 rings (SSSR count). The van der Waals surface area contributed by atoms with Gasteiger partial charge in [0.1, 0.15) is 5.76 Å². The maximum Gasteiger partial charge on any atom is 0.319 e. The number of piperidine rings is 1. The SMILES string of the molecule is CC(Cc1ccco1)NC(=O)Nc1ccc(N2CCCCC2)c(Cl)c1. The molecular formula is C19H24ClN3O2. The topological polar surface area (TPSA) is 57.5 Å². The Morgan fingerprint density at radius 1 is 1.28 bits per heavy atom. The number of hydrogen-bond donors (Lipinski definition) is 2. The first-order chi connectivity index (χ1) is 12.1. The van der Waals surface area contributed by atoms with Gasteiger partial charge in [0.25, 0.3) is 0 Å². The largest absolute Gasteiger partial charge is 0.469 e. The Bertz CT molecular complexity index is 697. The minimum atomic E-state index is -0.249.